The Hall–Kier alpha value is -4.88. The third-order valence-electron chi connectivity index (χ3n) is 6.76. The quantitative estimate of drug-likeness (QED) is 0.193. The zero-order chi connectivity index (χ0) is 29.6. The van der Waals surface area contributed by atoms with Crippen molar-refractivity contribution in [1.29, 1.82) is 0 Å². The van der Waals surface area contributed by atoms with Gasteiger partial charge < -0.3 is 15.0 Å². The van der Waals surface area contributed by atoms with E-state index in [4.69, 9.17) is 16.3 Å². The minimum Gasteiger partial charge on any atom is -0.453 e. The molecular weight excluding hydrogens is 548 g/mol. The molecule has 5 rings (SSSR count). The molecule has 0 saturated carbocycles. The Morgan fingerprint density at radius 2 is 1.69 bits per heavy atom. The lowest BCUT2D eigenvalue weighted by atomic mass is 10.0. The SMILES string of the molecule is CC(C)c1ccc(Oc2cnn(-c3cccc(Cl)c3)c(=O)c2Nc2cccc(C(=O)N(C)Cc3ccccc3)c2)cc1. The van der Waals surface area contributed by atoms with Gasteiger partial charge in [0.2, 0.25) is 0 Å². The van der Waals surface area contributed by atoms with E-state index >= 15 is 0 Å². The number of nitrogens with zero attached hydrogens (tertiary/aromatic N) is 3. The number of amides is 1. The van der Waals surface area contributed by atoms with Gasteiger partial charge in [-0.05, 0) is 65.6 Å². The molecule has 0 radical (unpaired) electrons. The van der Waals surface area contributed by atoms with Crippen molar-refractivity contribution in [3.63, 3.8) is 0 Å². The zero-order valence-electron chi connectivity index (χ0n) is 23.6. The number of anilines is 2. The van der Waals surface area contributed by atoms with Crippen molar-refractivity contribution in [2.45, 2.75) is 26.3 Å². The predicted molar refractivity (Wildman–Crippen MR) is 167 cm³/mol. The first-order chi connectivity index (χ1) is 20.3. The van der Waals surface area contributed by atoms with Crippen molar-refractivity contribution in [3.05, 3.63) is 141 Å². The van der Waals surface area contributed by atoms with Gasteiger partial charge in [-0.1, -0.05) is 80.0 Å². The average Bonchev–Trinajstić information content (AvgIpc) is 2.99. The summed E-state index contributed by atoms with van der Waals surface area (Å²) in [6.07, 6.45) is 1.49. The number of halogens is 1. The molecule has 42 heavy (non-hydrogen) atoms. The molecule has 7 nitrogen and oxygen atoms in total. The molecule has 0 unspecified atom stereocenters. The van der Waals surface area contributed by atoms with E-state index in [1.807, 2.05) is 54.6 Å². The molecule has 0 fully saturated rings. The lowest BCUT2D eigenvalue weighted by molar-refractivity contribution is 0.0785. The Morgan fingerprint density at radius 3 is 2.40 bits per heavy atom. The van der Waals surface area contributed by atoms with Gasteiger partial charge in [-0.3, -0.25) is 9.59 Å². The average molecular weight is 579 g/mol. The van der Waals surface area contributed by atoms with Crippen LogP contribution in [0.5, 0.6) is 11.5 Å². The number of aromatic nitrogens is 2. The second kappa shape index (κ2) is 12.7. The molecular formula is C34H31ClN4O3. The molecule has 1 aromatic heterocycles. The topological polar surface area (TPSA) is 76.5 Å². The van der Waals surface area contributed by atoms with Crippen molar-refractivity contribution in [1.82, 2.24) is 14.7 Å². The molecule has 1 amide bonds. The van der Waals surface area contributed by atoms with Crippen molar-refractivity contribution in [2.24, 2.45) is 0 Å². The van der Waals surface area contributed by atoms with Gasteiger partial charge in [0.15, 0.2) is 11.4 Å². The Balaban J connectivity index is 1.48. The van der Waals surface area contributed by atoms with E-state index in [1.54, 1.807) is 60.5 Å². The van der Waals surface area contributed by atoms with Crippen molar-refractivity contribution < 1.29 is 9.53 Å². The van der Waals surface area contributed by atoms with Crippen LogP contribution in [0.4, 0.5) is 11.4 Å². The van der Waals surface area contributed by atoms with Gasteiger partial charge in [-0.15, -0.1) is 0 Å². The molecule has 0 bridgehead atoms. The number of hydrogen-bond acceptors (Lipinski definition) is 5. The third-order valence-corrected chi connectivity index (χ3v) is 6.99. The summed E-state index contributed by atoms with van der Waals surface area (Å²) >= 11 is 6.19. The highest BCUT2D eigenvalue weighted by atomic mass is 35.5. The van der Waals surface area contributed by atoms with E-state index in [0.29, 0.717) is 40.2 Å². The summed E-state index contributed by atoms with van der Waals surface area (Å²) < 4.78 is 7.41. The first-order valence-electron chi connectivity index (χ1n) is 13.6. The predicted octanol–water partition coefficient (Wildman–Crippen LogP) is 7.82. The van der Waals surface area contributed by atoms with Crippen molar-refractivity contribution >= 4 is 28.9 Å². The number of nitrogens with one attached hydrogen (secondary N) is 1. The van der Waals surface area contributed by atoms with Gasteiger partial charge in [-0.2, -0.15) is 9.78 Å². The molecule has 0 spiro atoms. The lowest BCUT2D eigenvalue weighted by Crippen LogP contribution is -2.26. The fraction of sp³-hybridized carbons (Fsp3) is 0.147. The second-order valence-corrected chi connectivity index (χ2v) is 10.7. The highest BCUT2D eigenvalue weighted by Crippen LogP contribution is 2.30. The normalized spacial score (nSPS) is 10.9. The number of hydrogen-bond donors (Lipinski definition) is 1. The van der Waals surface area contributed by atoms with E-state index in [-0.39, 0.29) is 17.3 Å². The summed E-state index contributed by atoms with van der Waals surface area (Å²) in [5, 5.41) is 8.04. The summed E-state index contributed by atoms with van der Waals surface area (Å²) in [5.41, 5.74) is 3.48. The standard InChI is InChI=1S/C34H31ClN4O3/c1-23(2)25-15-17-30(18-16-25)42-31-21-36-39(29-14-8-12-27(35)20-29)34(41)32(31)37-28-13-7-11-26(19-28)33(40)38(3)22-24-9-5-4-6-10-24/h4-21,23,37H,22H2,1-3H3. The maximum atomic E-state index is 13.8. The van der Waals surface area contributed by atoms with Crippen LogP contribution in [0.2, 0.25) is 5.02 Å². The maximum absolute atomic E-state index is 13.8. The summed E-state index contributed by atoms with van der Waals surface area (Å²) in [6, 6.07) is 31.4. The Labute approximate surface area is 250 Å². The van der Waals surface area contributed by atoms with Gasteiger partial charge in [0, 0.05) is 29.9 Å². The largest absolute Gasteiger partial charge is 0.453 e. The van der Waals surface area contributed by atoms with Crippen LogP contribution >= 0.6 is 11.6 Å². The fourth-order valence-corrected chi connectivity index (χ4v) is 4.68. The monoisotopic (exact) mass is 578 g/mol. The number of ether oxygens (including phenoxy) is 1. The van der Waals surface area contributed by atoms with Crippen LogP contribution in [0.3, 0.4) is 0 Å². The molecule has 5 aromatic rings. The van der Waals surface area contributed by atoms with Gasteiger partial charge in [0.25, 0.3) is 11.5 Å². The third kappa shape index (κ3) is 6.70. The Kier molecular flexibility index (Phi) is 8.69. The van der Waals surface area contributed by atoms with Crippen LogP contribution in [0.1, 0.15) is 41.3 Å². The van der Waals surface area contributed by atoms with Crippen LogP contribution in [0.15, 0.2) is 114 Å². The van der Waals surface area contributed by atoms with Crippen LogP contribution in [-0.2, 0) is 6.54 Å². The summed E-state index contributed by atoms with van der Waals surface area (Å²) in [4.78, 5) is 28.7. The summed E-state index contributed by atoms with van der Waals surface area (Å²) in [7, 11) is 1.76. The number of rotatable bonds is 9. The van der Waals surface area contributed by atoms with E-state index in [2.05, 4.69) is 24.3 Å². The molecule has 0 saturated heterocycles. The van der Waals surface area contributed by atoms with Crippen LogP contribution in [-0.4, -0.2) is 27.6 Å². The molecule has 1 heterocycles. The van der Waals surface area contributed by atoms with E-state index in [9.17, 15) is 9.59 Å². The fourth-order valence-electron chi connectivity index (χ4n) is 4.49. The van der Waals surface area contributed by atoms with E-state index in [1.165, 1.54) is 16.4 Å². The van der Waals surface area contributed by atoms with Gasteiger partial charge in [0.05, 0.1) is 11.9 Å². The maximum Gasteiger partial charge on any atom is 0.299 e. The molecule has 0 atom stereocenters. The molecule has 212 valence electrons. The van der Waals surface area contributed by atoms with Crippen LogP contribution < -0.4 is 15.6 Å². The Bertz CT molecular complexity index is 1750. The summed E-state index contributed by atoms with van der Waals surface area (Å²) in [5.74, 6) is 1.04. The van der Waals surface area contributed by atoms with Gasteiger partial charge >= 0.3 is 0 Å². The highest BCUT2D eigenvalue weighted by molar-refractivity contribution is 6.30. The van der Waals surface area contributed by atoms with Gasteiger partial charge in [0.1, 0.15) is 5.75 Å². The second-order valence-electron chi connectivity index (χ2n) is 10.3. The van der Waals surface area contributed by atoms with Gasteiger partial charge in [-0.25, -0.2) is 0 Å². The Morgan fingerprint density at radius 1 is 0.952 bits per heavy atom. The minimum absolute atomic E-state index is 0.143. The summed E-state index contributed by atoms with van der Waals surface area (Å²) in [6.45, 7) is 4.71. The molecule has 0 aliphatic heterocycles. The van der Waals surface area contributed by atoms with Crippen LogP contribution in [0.25, 0.3) is 5.69 Å². The number of benzene rings is 4. The van der Waals surface area contributed by atoms with E-state index < -0.39 is 5.56 Å². The zero-order valence-corrected chi connectivity index (χ0v) is 24.4. The molecule has 8 heteroatoms. The number of carbonyl (C=O) groups excluding carboxylic acids is 1. The molecule has 1 N–H and O–H groups in total. The lowest BCUT2D eigenvalue weighted by Gasteiger charge is -2.18. The van der Waals surface area contributed by atoms with Crippen molar-refractivity contribution in [3.8, 4) is 17.2 Å². The molecule has 0 aliphatic rings. The van der Waals surface area contributed by atoms with Crippen LogP contribution in [0, 0.1) is 0 Å². The smallest absolute Gasteiger partial charge is 0.299 e. The molecule has 0 aliphatic carbocycles. The minimum atomic E-state index is -0.438. The molecule has 4 aromatic carbocycles. The highest BCUT2D eigenvalue weighted by Gasteiger charge is 2.18. The first-order valence-corrected chi connectivity index (χ1v) is 14.0. The van der Waals surface area contributed by atoms with E-state index in [0.717, 1.165) is 5.56 Å². The number of carbonyl (C=O) groups is 1. The first kappa shape index (κ1) is 28.6. The van der Waals surface area contributed by atoms with Crippen molar-refractivity contribution in [2.75, 3.05) is 12.4 Å².